The number of nitrogens with two attached hydrogens (primary N) is 1. The molecular weight excluding hydrogens is 222 g/mol. The van der Waals surface area contributed by atoms with E-state index in [0.717, 1.165) is 12.8 Å². The Morgan fingerprint density at radius 3 is 2.47 bits per heavy atom. The molecule has 0 heterocycles. The van der Waals surface area contributed by atoms with Crippen molar-refractivity contribution in [2.75, 3.05) is 11.9 Å². The minimum absolute atomic E-state index is 0.0240. The van der Waals surface area contributed by atoms with Gasteiger partial charge in [-0.2, -0.15) is 0 Å². The van der Waals surface area contributed by atoms with Crippen LogP contribution in [0.3, 0.4) is 0 Å². The molecule has 2 N–H and O–H groups in total. The van der Waals surface area contributed by atoms with Crippen molar-refractivity contribution in [3.8, 4) is 0 Å². The Morgan fingerprint density at radius 1 is 1.24 bits per heavy atom. The van der Waals surface area contributed by atoms with Crippen molar-refractivity contribution in [3.05, 3.63) is 29.3 Å². The molecule has 0 aliphatic heterocycles. The van der Waals surface area contributed by atoms with Crippen LogP contribution in [-0.2, 0) is 6.54 Å². The standard InChI is InChI=1S/C13H18F2N2/c1-17(10-4-2-3-5-10)11-7-6-9(8-16)12(14)13(11)15/h6-7,10H,2-5,8,16H2,1H3. The van der Waals surface area contributed by atoms with E-state index in [1.165, 1.54) is 12.8 Å². The zero-order chi connectivity index (χ0) is 12.4. The summed E-state index contributed by atoms with van der Waals surface area (Å²) in [6, 6.07) is 3.52. The van der Waals surface area contributed by atoms with Crippen LogP contribution in [0.4, 0.5) is 14.5 Å². The maximum Gasteiger partial charge on any atom is 0.182 e. The molecular formula is C13H18F2N2. The van der Waals surface area contributed by atoms with E-state index < -0.39 is 11.6 Å². The van der Waals surface area contributed by atoms with Crippen LogP contribution in [0.1, 0.15) is 31.2 Å². The van der Waals surface area contributed by atoms with Gasteiger partial charge in [-0.25, -0.2) is 8.78 Å². The Hall–Kier alpha value is -1.16. The summed E-state index contributed by atoms with van der Waals surface area (Å²) in [7, 11) is 1.83. The molecule has 0 unspecified atom stereocenters. The molecule has 0 atom stereocenters. The second-order valence-corrected chi connectivity index (χ2v) is 4.63. The lowest BCUT2D eigenvalue weighted by atomic mass is 10.1. The Balaban J connectivity index is 2.29. The van der Waals surface area contributed by atoms with E-state index in [2.05, 4.69) is 0 Å². The predicted octanol–water partition coefficient (Wildman–Crippen LogP) is 2.80. The Kier molecular flexibility index (Phi) is 3.62. The van der Waals surface area contributed by atoms with Gasteiger partial charge in [0.25, 0.3) is 0 Å². The summed E-state index contributed by atoms with van der Waals surface area (Å²) >= 11 is 0. The van der Waals surface area contributed by atoms with Gasteiger partial charge in [-0.15, -0.1) is 0 Å². The quantitative estimate of drug-likeness (QED) is 0.880. The molecule has 4 heteroatoms. The van der Waals surface area contributed by atoms with Gasteiger partial charge in [0.1, 0.15) is 0 Å². The molecule has 1 fully saturated rings. The summed E-state index contributed by atoms with van der Waals surface area (Å²) in [5.74, 6) is -1.59. The lowest BCUT2D eigenvalue weighted by Gasteiger charge is -2.27. The van der Waals surface area contributed by atoms with Gasteiger partial charge in [-0.1, -0.05) is 18.9 Å². The maximum absolute atomic E-state index is 13.9. The van der Waals surface area contributed by atoms with Crippen molar-refractivity contribution in [2.45, 2.75) is 38.3 Å². The van der Waals surface area contributed by atoms with Crippen molar-refractivity contribution >= 4 is 5.69 Å². The summed E-state index contributed by atoms with van der Waals surface area (Å²) in [5.41, 5.74) is 5.91. The Labute approximate surface area is 100 Å². The third-order valence-electron chi connectivity index (χ3n) is 3.61. The molecule has 1 aliphatic carbocycles. The number of benzene rings is 1. The third-order valence-corrected chi connectivity index (χ3v) is 3.61. The Bertz CT molecular complexity index is 401. The second kappa shape index (κ2) is 5.00. The van der Waals surface area contributed by atoms with Crippen LogP contribution in [0.15, 0.2) is 12.1 Å². The molecule has 0 radical (unpaired) electrons. The van der Waals surface area contributed by atoms with Crippen molar-refractivity contribution in [1.82, 2.24) is 0 Å². The van der Waals surface area contributed by atoms with E-state index in [1.807, 2.05) is 11.9 Å². The first-order chi connectivity index (χ1) is 8.15. The minimum atomic E-state index is -0.810. The predicted molar refractivity (Wildman–Crippen MR) is 64.9 cm³/mol. The van der Waals surface area contributed by atoms with E-state index in [-0.39, 0.29) is 12.1 Å². The summed E-state index contributed by atoms with van der Waals surface area (Å²) in [6.45, 7) is 0.0240. The number of hydrogen-bond donors (Lipinski definition) is 1. The van der Waals surface area contributed by atoms with Crippen LogP contribution in [0, 0.1) is 11.6 Å². The van der Waals surface area contributed by atoms with E-state index in [0.29, 0.717) is 11.7 Å². The topological polar surface area (TPSA) is 29.3 Å². The molecule has 0 saturated heterocycles. The number of nitrogens with zero attached hydrogens (tertiary/aromatic N) is 1. The van der Waals surface area contributed by atoms with Gasteiger partial charge < -0.3 is 10.6 Å². The van der Waals surface area contributed by atoms with E-state index >= 15 is 0 Å². The summed E-state index contributed by atoms with van der Waals surface area (Å²) in [5, 5.41) is 0. The maximum atomic E-state index is 13.9. The van der Waals surface area contributed by atoms with Gasteiger partial charge in [-0.05, 0) is 18.9 Å². The zero-order valence-corrected chi connectivity index (χ0v) is 10.0. The average molecular weight is 240 g/mol. The molecule has 2 nitrogen and oxygen atoms in total. The molecule has 1 aromatic rings. The summed E-state index contributed by atoms with van der Waals surface area (Å²) < 4.78 is 27.5. The fourth-order valence-electron chi connectivity index (χ4n) is 2.50. The largest absolute Gasteiger partial charge is 0.369 e. The SMILES string of the molecule is CN(c1ccc(CN)c(F)c1F)C1CCCC1. The van der Waals surface area contributed by atoms with Gasteiger partial charge in [0.05, 0.1) is 5.69 Å². The third kappa shape index (κ3) is 2.27. The van der Waals surface area contributed by atoms with Crippen LogP contribution >= 0.6 is 0 Å². The summed E-state index contributed by atoms with van der Waals surface area (Å²) in [4.78, 5) is 1.85. The van der Waals surface area contributed by atoms with Crippen molar-refractivity contribution in [1.29, 1.82) is 0 Å². The summed E-state index contributed by atoms with van der Waals surface area (Å²) in [6.07, 6.45) is 4.44. The smallest absolute Gasteiger partial charge is 0.182 e. The van der Waals surface area contributed by atoms with E-state index in [4.69, 9.17) is 5.73 Å². The highest BCUT2D eigenvalue weighted by Gasteiger charge is 2.23. The highest BCUT2D eigenvalue weighted by Crippen LogP contribution is 2.30. The molecule has 0 bridgehead atoms. The zero-order valence-electron chi connectivity index (χ0n) is 10.0. The van der Waals surface area contributed by atoms with Crippen LogP contribution in [0.2, 0.25) is 0 Å². The first-order valence-electron chi connectivity index (χ1n) is 6.05. The van der Waals surface area contributed by atoms with Gasteiger partial charge in [0.2, 0.25) is 0 Å². The van der Waals surface area contributed by atoms with Crippen LogP contribution in [0.5, 0.6) is 0 Å². The fraction of sp³-hybridized carbons (Fsp3) is 0.538. The molecule has 0 spiro atoms. The first-order valence-corrected chi connectivity index (χ1v) is 6.05. The monoisotopic (exact) mass is 240 g/mol. The Morgan fingerprint density at radius 2 is 1.88 bits per heavy atom. The van der Waals surface area contributed by atoms with Gasteiger partial charge >= 0.3 is 0 Å². The van der Waals surface area contributed by atoms with Gasteiger partial charge in [0, 0.05) is 25.2 Å². The number of halogens is 2. The molecule has 94 valence electrons. The molecule has 17 heavy (non-hydrogen) atoms. The van der Waals surface area contributed by atoms with Crippen LogP contribution < -0.4 is 10.6 Å². The van der Waals surface area contributed by atoms with Crippen LogP contribution in [0.25, 0.3) is 0 Å². The molecule has 0 aromatic heterocycles. The fourth-order valence-corrected chi connectivity index (χ4v) is 2.50. The second-order valence-electron chi connectivity index (χ2n) is 4.63. The van der Waals surface area contributed by atoms with Crippen molar-refractivity contribution in [2.24, 2.45) is 5.73 Å². The van der Waals surface area contributed by atoms with Crippen molar-refractivity contribution in [3.63, 3.8) is 0 Å². The molecule has 0 amide bonds. The van der Waals surface area contributed by atoms with E-state index in [9.17, 15) is 8.78 Å². The number of anilines is 1. The van der Waals surface area contributed by atoms with Crippen LogP contribution in [-0.4, -0.2) is 13.1 Å². The minimum Gasteiger partial charge on any atom is -0.369 e. The lowest BCUT2D eigenvalue weighted by Crippen LogP contribution is -2.30. The normalized spacial score (nSPS) is 16.5. The lowest BCUT2D eigenvalue weighted by molar-refractivity contribution is 0.494. The highest BCUT2D eigenvalue weighted by molar-refractivity contribution is 5.50. The molecule has 2 rings (SSSR count). The number of rotatable bonds is 3. The van der Waals surface area contributed by atoms with Gasteiger partial charge in [0.15, 0.2) is 11.6 Å². The van der Waals surface area contributed by atoms with Crippen molar-refractivity contribution < 1.29 is 8.78 Å². The van der Waals surface area contributed by atoms with Gasteiger partial charge in [-0.3, -0.25) is 0 Å². The molecule has 1 aromatic carbocycles. The highest BCUT2D eigenvalue weighted by atomic mass is 19.2. The van der Waals surface area contributed by atoms with E-state index in [1.54, 1.807) is 12.1 Å². The molecule has 1 aliphatic rings. The molecule has 1 saturated carbocycles. The average Bonchev–Trinajstić information content (AvgIpc) is 2.85. The first kappa shape index (κ1) is 12.3. The number of hydrogen-bond acceptors (Lipinski definition) is 2.